The number of sulfone groups is 1. The Balaban J connectivity index is 1.64. The van der Waals surface area contributed by atoms with Crippen molar-refractivity contribution in [3.05, 3.63) is 52.5 Å². The standard InChI is InChI=1S/C19H20Cl2N2O3S/c20-13-8-9-17(21)18(10-13)23-19(24)12-22-14-4-3-7-16(11-14)27(25,26)15-5-1-2-6-15/h3-4,7-11,15,22H,1-2,5-6,12H2,(H,23,24). The predicted octanol–water partition coefficient (Wildman–Crippen LogP) is 4.76. The Labute approximate surface area is 169 Å². The monoisotopic (exact) mass is 426 g/mol. The third-order valence-electron chi connectivity index (χ3n) is 4.56. The molecule has 0 saturated heterocycles. The predicted molar refractivity (Wildman–Crippen MR) is 109 cm³/mol. The molecular weight excluding hydrogens is 407 g/mol. The van der Waals surface area contributed by atoms with Gasteiger partial charge in [0.2, 0.25) is 5.91 Å². The summed E-state index contributed by atoms with van der Waals surface area (Å²) >= 11 is 11.9. The van der Waals surface area contributed by atoms with Gasteiger partial charge < -0.3 is 10.6 Å². The zero-order valence-corrected chi connectivity index (χ0v) is 16.9. The van der Waals surface area contributed by atoms with Crippen molar-refractivity contribution in [1.29, 1.82) is 0 Å². The van der Waals surface area contributed by atoms with Crippen molar-refractivity contribution < 1.29 is 13.2 Å². The lowest BCUT2D eigenvalue weighted by Crippen LogP contribution is -2.22. The van der Waals surface area contributed by atoms with E-state index in [-0.39, 0.29) is 22.6 Å². The Hall–Kier alpha value is -1.76. The molecule has 27 heavy (non-hydrogen) atoms. The second-order valence-corrected chi connectivity index (χ2v) is 9.58. The summed E-state index contributed by atoms with van der Waals surface area (Å²) in [4.78, 5) is 12.4. The van der Waals surface area contributed by atoms with E-state index in [9.17, 15) is 13.2 Å². The zero-order chi connectivity index (χ0) is 19.4. The van der Waals surface area contributed by atoms with E-state index in [2.05, 4.69) is 10.6 Å². The first-order chi connectivity index (χ1) is 12.9. The van der Waals surface area contributed by atoms with Crippen LogP contribution in [-0.4, -0.2) is 26.1 Å². The molecule has 3 rings (SSSR count). The Morgan fingerprint density at radius 3 is 2.56 bits per heavy atom. The number of benzene rings is 2. The van der Waals surface area contributed by atoms with Crippen LogP contribution in [0.3, 0.4) is 0 Å². The van der Waals surface area contributed by atoms with E-state index in [1.54, 1.807) is 42.5 Å². The molecule has 0 aliphatic heterocycles. The number of carbonyl (C=O) groups is 1. The minimum absolute atomic E-state index is 0.0320. The zero-order valence-electron chi connectivity index (χ0n) is 14.5. The highest BCUT2D eigenvalue weighted by Gasteiger charge is 2.30. The van der Waals surface area contributed by atoms with Crippen molar-refractivity contribution in [1.82, 2.24) is 0 Å². The van der Waals surface area contributed by atoms with E-state index >= 15 is 0 Å². The van der Waals surface area contributed by atoms with Gasteiger partial charge in [-0.15, -0.1) is 0 Å². The number of hydrogen-bond acceptors (Lipinski definition) is 4. The number of carbonyl (C=O) groups excluding carboxylic acids is 1. The second kappa shape index (κ2) is 8.50. The van der Waals surface area contributed by atoms with Gasteiger partial charge in [0.25, 0.3) is 0 Å². The fourth-order valence-corrected chi connectivity index (χ4v) is 5.38. The van der Waals surface area contributed by atoms with Crippen LogP contribution in [0.25, 0.3) is 0 Å². The van der Waals surface area contributed by atoms with E-state index in [0.29, 0.717) is 34.3 Å². The number of halogens is 2. The number of amides is 1. The van der Waals surface area contributed by atoms with Gasteiger partial charge in [0.05, 0.1) is 27.4 Å². The molecule has 0 spiro atoms. The fraction of sp³-hybridized carbons (Fsp3) is 0.316. The molecule has 1 amide bonds. The molecule has 1 saturated carbocycles. The highest BCUT2D eigenvalue weighted by Crippen LogP contribution is 2.30. The van der Waals surface area contributed by atoms with Crippen molar-refractivity contribution in [3.63, 3.8) is 0 Å². The van der Waals surface area contributed by atoms with Gasteiger partial charge in [-0.2, -0.15) is 0 Å². The lowest BCUT2D eigenvalue weighted by molar-refractivity contribution is -0.114. The molecule has 0 heterocycles. The van der Waals surface area contributed by atoms with Crippen LogP contribution in [0.1, 0.15) is 25.7 Å². The molecule has 8 heteroatoms. The Morgan fingerprint density at radius 2 is 1.81 bits per heavy atom. The van der Waals surface area contributed by atoms with Crippen LogP contribution in [0.15, 0.2) is 47.4 Å². The number of anilines is 2. The molecular formula is C19H20Cl2N2O3S. The van der Waals surface area contributed by atoms with Gasteiger partial charge in [0.15, 0.2) is 9.84 Å². The molecule has 1 fully saturated rings. The lowest BCUT2D eigenvalue weighted by Gasteiger charge is -2.13. The van der Waals surface area contributed by atoms with Gasteiger partial charge in [0, 0.05) is 10.7 Å². The van der Waals surface area contributed by atoms with E-state index < -0.39 is 9.84 Å². The van der Waals surface area contributed by atoms with Crippen LogP contribution >= 0.6 is 23.2 Å². The smallest absolute Gasteiger partial charge is 0.243 e. The second-order valence-electron chi connectivity index (χ2n) is 6.51. The summed E-state index contributed by atoms with van der Waals surface area (Å²) in [5, 5.41) is 6.17. The van der Waals surface area contributed by atoms with E-state index in [4.69, 9.17) is 23.2 Å². The summed E-state index contributed by atoms with van der Waals surface area (Å²) in [5.41, 5.74) is 0.995. The van der Waals surface area contributed by atoms with Crippen LogP contribution in [-0.2, 0) is 14.6 Å². The maximum atomic E-state index is 12.7. The van der Waals surface area contributed by atoms with Gasteiger partial charge in [-0.05, 0) is 49.2 Å². The largest absolute Gasteiger partial charge is 0.376 e. The minimum atomic E-state index is -3.33. The van der Waals surface area contributed by atoms with Gasteiger partial charge in [-0.25, -0.2) is 8.42 Å². The molecule has 1 aliphatic carbocycles. The van der Waals surface area contributed by atoms with Gasteiger partial charge in [0.1, 0.15) is 0 Å². The minimum Gasteiger partial charge on any atom is -0.376 e. The van der Waals surface area contributed by atoms with Crippen LogP contribution in [0.2, 0.25) is 10.0 Å². The summed E-state index contributed by atoms with van der Waals surface area (Å²) in [6.45, 7) is -0.0320. The third kappa shape index (κ3) is 4.94. The molecule has 1 aliphatic rings. The van der Waals surface area contributed by atoms with Crippen molar-refractivity contribution >= 4 is 50.3 Å². The molecule has 5 nitrogen and oxygen atoms in total. The first-order valence-electron chi connectivity index (χ1n) is 8.69. The van der Waals surface area contributed by atoms with Gasteiger partial charge in [-0.1, -0.05) is 42.1 Å². The number of rotatable bonds is 6. The molecule has 2 aromatic rings. The maximum absolute atomic E-state index is 12.7. The first-order valence-corrected chi connectivity index (χ1v) is 11.0. The van der Waals surface area contributed by atoms with E-state index in [1.807, 2.05) is 0 Å². The molecule has 0 atom stereocenters. The highest BCUT2D eigenvalue weighted by molar-refractivity contribution is 7.92. The average Bonchev–Trinajstić information content (AvgIpc) is 3.19. The summed E-state index contributed by atoms with van der Waals surface area (Å²) in [7, 11) is -3.33. The fourth-order valence-electron chi connectivity index (χ4n) is 3.14. The summed E-state index contributed by atoms with van der Waals surface area (Å²) in [5.74, 6) is -0.316. The van der Waals surface area contributed by atoms with Crippen molar-refractivity contribution in [2.75, 3.05) is 17.2 Å². The molecule has 0 unspecified atom stereocenters. The van der Waals surface area contributed by atoms with Crippen LogP contribution in [0.5, 0.6) is 0 Å². The Bertz CT molecular complexity index is 942. The maximum Gasteiger partial charge on any atom is 0.243 e. The number of nitrogens with one attached hydrogen (secondary N) is 2. The molecule has 2 aromatic carbocycles. The number of hydrogen-bond donors (Lipinski definition) is 2. The van der Waals surface area contributed by atoms with Crippen LogP contribution < -0.4 is 10.6 Å². The highest BCUT2D eigenvalue weighted by atomic mass is 35.5. The lowest BCUT2D eigenvalue weighted by atomic mass is 10.3. The SMILES string of the molecule is O=C(CNc1cccc(S(=O)(=O)C2CCCC2)c1)Nc1cc(Cl)ccc1Cl. The molecule has 0 bridgehead atoms. The van der Waals surface area contributed by atoms with Crippen molar-refractivity contribution in [2.24, 2.45) is 0 Å². The van der Waals surface area contributed by atoms with E-state index in [1.165, 1.54) is 0 Å². The van der Waals surface area contributed by atoms with Gasteiger partial charge in [-0.3, -0.25) is 4.79 Å². The van der Waals surface area contributed by atoms with Gasteiger partial charge >= 0.3 is 0 Å². The summed E-state index contributed by atoms with van der Waals surface area (Å²) < 4.78 is 25.4. The molecule has 144 valence electrons. The molecule has 0 radical (unpaired) electrons. The van der Waals surface area contributed by atoms with Crippen molar-refractivity contribution in [3.8, 4) is 0 Å². The quantitative estimate of drug-likeness (QED) is 0.697. The molecule has 2 N–H and O–H groups in total. The summed E-state index contributed by atoms with van der Waals surface area (Å²) in [6.07, 6.45) is 3.33. The van der Waals surface area contributed by atoms with E-state index in [0.717, 1.165) is 12.8 Å². The Morgan fingerprint density at radius 1 is 1.07 bits per heavy atom. The van der Waals surface area contributed by atoms with Crippen molar-refractivity contribution in [2.45, 2.75) is 35.8 Å². The normalized spacial score (nSPS) is 14.9. The molecule has 0 aromatic heterocycles. The topological polar surface area (TPSA) is 75.3 Å². The first kappa shape index (κ1) is 20.0. The van der Waals surface area contributed by atoms with Crippen LogP contribution in [0, 0.1) is 0 Å². The van der Waals surface area contributed by atoms with Crippen LogP contribution in [0.4, 0.5) is 11.4 Å². The summed E-state index contributed by atoms with van der Waals surface area (Å²) in [6, 6.07) is 11.4. The average molecular weight is 427 g/mol. The third-order valence-corrected chi connectivity index (χ3v) is 7.38. The Kier molecular flexibility index (Phi) is 6.29.